The molecule has 29 heavy (non-hydrogen) atoms. The van der Waals surface area contributed by atoms with Crippen molar-refractivity contribution in [3.8, 4) is 5.75 Å². The van der Waals surface area contributed by atoms with Crippen molar-refractivity contribution < 1.29 is 14.6 Å². The summed E-state index contributed by atoms with van der Waals surface area (Å²) in [7, 11) is 0. The molecule has 3 N–H and O–H groups in total. The highest BCUT2D eigenvalue weighted by Gasteiger charge is 2.36. The van der Waals surface area contributed by atoms with Crippen molar-refractivity contribution in [2.24, 2.45) is 0 Å². The van der Waals surface area contributed by atoms with Gasteiger partial charge in [0.25, 0.3) is 0 Å². The number of halogens is 1. The zero-order valence-electron chi connectivity index (χ0n) is 15.3. The van der Waals surface area contributed by atoms with Gasteiger partial charge in [-0.25, -0.2) is 9.97 Å². The van der Waals surface area contributed by atoms with Crippen molar-refractivity contribution in [3.05, 3.63) is 53.5 Å². The lowest BCUT2D eigenvalue weighted by Gasteiger charge is -2.18. The third-order valence-corrected chi connectivity index (χ3v) is 5.47. The highest BCUT2D eigenvalue weighted by Crippen LogP contribution is 2.33. The van der Waals surface area contributed by atoms with Gasteiger partial charge in [-0.15, -0.1) is 0 Å². The molecule has 0 saturated carbocycles. The largest absolute Gasteiger partial charge is 0.491 e. The summed E-state index contributed by atoms with van der Waals surface area (Å²) in [6, 6.07) is 9.59. The summed E-state index contributed by atoms with van der Waals surface area (Å²) in [5, 5.41) is 12.3. The Morgan fingerprint density at radius 1 is 1.24 bits per heavy atom. The van der Waals surface area contributed by atoms with Crippen LogP contribution >= 0.6 is 15.9 Å². The summed E-state index contributed by atoms with van der Waals surface area (Å²) in [5.41, 5.74) is 7.38. The quantitative estimate of drug-likeness (QED) is 0.486. The molecule has 8 nitrogen and oxygen atoms in total. The number of fused-ring (bicyclic) bond motifs is 2. The number of aromatic nitrogens is 4. The number of hydrogen-bond acceptors (Lipinski definition) is 7. The van der Waals surface area contributed by atoms with Crippen LogP contribution < -0.4 is 10.5 Å². The number of pyridine rings is 1. The van der Waals surface area contributed by atoms with Crippen LogP contribution in [0, 0.1) is 0 Å². The van der Waals surface area contributed by atoms with Gasteiger partial charge in [-0.05, 0) is 40.2 Å². The summed E-state index contributed by atoms with van der Waals surface area (Å²) < 4.78 is 14.7. The first kappa shape index (κ1) is 18.3. The number of nitrogens with two attached hydrogens (primary N) is 1. The average Bonchev–Trinajstić information content (AvgIpc) is 3.30. The summed E-state index contributed by atoms with van der Waals surface area (Å²) in [6.45, 7) is 0.325. The van der Waals surface area contributed by atoms with E-state index in [0.29, 0.717) is 30.2 Å². The van der Waals surface area contributed by atoms with Crippen molar-refractivity contribution in [2.75, 3.05) is 12.3 Å². The Morgan fingerprint density at radius 2 is 2.14 bits per heavy atom. The molecule has 1 aromatic carbocycles. The van der Waals surface area contributed by atoms with E-state index in [1.165, 1.54) is 6.33 Å². The topological polar surface area (TPSA) is 108 Å². The number of nitrogens with zero attached hydrogens (tertiary/aromatic N) is 4. The van der Waals surface area contributed by atoms with Gasteiger partial charge in [0.05, 0.1) is 17.0 Å². The SMILES string of the molecule is Nc1ncnc2c1ccn2[C@@H]1O[C@H](COc2ccc3cc(Br)cnc3c2)C[C@H]1O. The van der Waals surface area contributed by atoms with Gasteiger partial charge in [-0.1, -0.05) is 0 Å². The summed E-state index contributed by atoms with van der Waals surface area (Å²) in [4.78, 5) is 12.7. The van der Waals surface area contributed by atoms with Gasteiger partial charge in [0.2, 0.25) is 0 Å². The molecule has 0 radical (unpaired) electrons. The third kappa shape index (κ3) is 3.41. The van der Waals surface area contributed by atoms with Gasteiger partial charge in [0, 0.05) is 34.7 Å². The van der Waals surface area contributed by atoms with Crippen LogP contribution in [-0.2, 0) is 4.74 Å². The predicted octanol–water partition coefficient (Wildman–Crippen LogP) is 3.05. The lowest BCUT2D eigenvalue weighted by atomic mass is 10.2. The highest BCUT2D eigenvalue weighted by molar-refractivity contribution is 9.10. The van der Waals surface area contributed by atoms with Gasteiger partial charge in [-0.3, -0.25) is 4.98 Å². The van der Waals surface area contributed by atoms with Crippen molar-refractivity contribution in [1.82, 2.24) is 19.5 Å². The zero-order valence-corrected chi connectivity index (χ0v) is 16.9. The monoisotopic (exact) mass is 455 g/mol. The normalized spacial score (nSPS) is 21.8. The van der Waals surface area contributed by atoms with Crippen LogP contribution in [0.5, 0.6) is 5.75 Å². The van der Waals surface area contributed by atoms with E-state index in [-0.39, 0.29) is 6.10 Å². The molecule has 4 heterocycles. The van der Waals surface area contributed by atoms with E-state index in [1.54, 1.807) is 17.0 Å². The maximum atomic E-state index is 10.5. The highest BCUT2D eigenvalue weighted by atomic mass is 79.9. The lowest BCUT2D eigenvalue weighted by Crippen LogP contribution is -2.19. The number of anilines is 1. The Morgan fingerprint density at radius 3 is 3.03 bits per heavy atom. The second-order valence-corrected chi connectivity index (χ2v) is 7.91. The van der Waals surface area contributed by atoms with Gasteiger partial charge < -0.3 is 24.9 Å². The number of nitrogen functional groups attached to an aromatic ring is 1. The van der Waals surface area contributed by atoms with Crippen LogP contribution in [0.15, 0.2) is 53.5 Å². The Balaban J connectivity index is 1.30. The van der Waals surface area contributed by atoms with Crippen LogP contribution in [0.25, 0.3) is 21.9 Å². The fraction of sp³-hybridized carbons (Fsp3) is 0.250. The number of benzene rings is 1. The van der Waals surface area contributed by atoms with Crippen molar-refractivity contribution in [2.45, 2.75) is 24.9 Å². The van der Waals surface area contributed by atoms with E-state index in [1.807, 2.05) is 30.3 Å². The molecule has 0 unspecified atom stereocenters. The van der Waals surface area contributed by atoms with E-state index < -0.39 is 12.3 Å². The fourth-order valence-corrected chi connectivity index (χ4v) is 3.99. The smallest absolute Gasteiger partial charge is 0.161 e. The van der Waals surface area contributed by atoms with E-state index in [4.69, 9.17) is 15.2 Å². The number of hydrogen-bond donors (Lipinski definition) is 2. The molecule has 1 aliphatic rings. The second kappa shape index (κ2) is 7.25. The second-order valence-electron chi connectivity index (χ2n) is 6.99. The molecule has 5 rings (SSSR count). The minimum atomic E-state index is -0.675. The lowest BCUT2D eigenvalue weighted by molar-refractivity contribution is -0.0454. The van der Waals surface area contributed by atoms with Gasteiger partial charge in [-0.2, -0.15) is 0 Å². The molecule has 0 amide bonds. The Kier molecular flexibility index (Phi) is 4.57. The first-order valence-electron chi connectivity index (χ1n) is 9.17. The molecular formula is C20H18BrN5O3. The summed E-state index contributed by atoms with van der Waals surface area (Å²) >= 11 is 3.42. The van der Waals surface area contributed by atoms with Gasteiger partial charge in [0.1, 0.15) is 36.3 Å². The molecule has 148 valence electrons. The number of aliphatic hydroxyl groups is 1. The molecule has 0 bridgehead atoms. The van der Waals surface area contributed by atoms with E-state index >= 15 is 0 Å². The summed E-state index contributed by atoms with van der Waals surface area (Å²) in [6.07, 6.45) is 3.95. The Labute approximate surface area is 174 Å². The van der Waals surface area contributed by atoms with Crippen LogP contribution in [-0.4, -0.2) is 43.4 Å². The first-order chi connectivity index (χ1) is 14.1. The molecule has 1 saturated heterocycles. The molecule has 1 aliphatic heterocycles. The molecule has 1 fully saturated rings. The maximum Gasteiger partial charge on any atom is 0.161 e. The van der Waals surface area contributed by atoms with E-state index in [0.717, 1.165) is 20.8 Å². The molecule has 3 aromatic heterocycles. The molecule has 0 spiro atoms. The third-order valence-electron chi connectivity index (χ3n) is 5.04. The molecule has 3 atom stereocenters. The van der Waals surface area contributed by atoms with Gasteiger partial charge >= 0.3 is 0 Å². The van der Waals surface area contributed by atoms with Crippen molar-refractivity contribution in [1.29, 1.82) is 0 Å². The Hall–Kier alpha value is -2.75. The van der Waals surface area contributed by atoms with Crippen molar-refractivity contribution in [3.63, 3.8) is 0 Å². The van der Waals surface area contributed by atoms with Crippen LogP contribution in [0.2, 0.25) is 0 Å². The van der Waals surface area contributed by atoms with Crippen molar-refractivity contribution >= 4 is 43.7 Å². The zero-order chi connectivity index (χ0) is 20.0. The molecular weight excluding hydrogens is 438 g/mol. The number of ether oxygens (including phenoxy) is 2. The molecule has 9 heteroatoms. The molecule has 4 aromatic rings. The standard InChI is InChI=1S/C20H18BrN5O3/c21-12-5-11-1-2-13(6-16(11)23-8-12)28-9-14-7-17(27)20(29-14)26-4-3-15-18(22)24-10-25-19(15)26/h1-6,8,10,14,17,20,27H,7,9H2,(H2,22,24,25)/t14-,17+,20+/m0/s1. The number of aliphatic hydroxyl groups excluding tert-OH is 1. The average molecular weight is 456 g/mol. The predicted molar refractivity (Wildman–Crippen MR) is 111 cm³/mol. The number of rotatable bonds is 4. The molecule has 0 aliphatic carbocycles. The first-order valence-corrected chi connectivity index (χ1v) is 9.96. The van der Waals surface area contributed by atoms with Crippen LogP contribution in [0.1, 0.15) is 12.6 Å². The van der Waals surface area contributed by atoms with Crippen LogP contribution in [0.3, 0.4) is 0 Å². The fourth-order valence-electron chi connectivity index (χ4n) is 3.64. The van der Waals surface area contributed by atoms with Gasteiger partial charge in [0.15, 0.2) is 6.23 Å². The minimum Gasteiger partial charge on any atom is -0.491 e. The van der Waals surface area contributed by atoms with Crippen LogP contribution in [0.4, 0.5) is 5.82 Å². The summed E-state index contributed by atoms with van der Waals surface area (Å²) in [5.74, 6) is 1.11. The maximum absolute atomic E-state index is 10.5. The van der Waals surface area contributed by atoms with E-state index in [2.05, 4.69) is 30.9 Å². The van der Waals surface area contributed by atoms with E-state index in [9.17, 15) is 5.11 Å². The minimum absolute atomic E-state index is 0.250. The Bertz CT molecular complexity index is 1200.